The van der Waals surface area contributed by atoms with Crippen molar-refractivity contribution in [2.45, 2.75) is 30.9 Å². The summed E-state index contributed by atoms with van der Waals surface area (Å²) in [5, 5.41) is 18.0. The minimum absolute atomic E-state index is 0.276. The van der Waals surface area contributed by atoms with E-state index < -0.39 is 29.5 Å². The molecule has 0 spiro atoms. The lowest BCUT2D eigenvalue weighted by atomic mass is 9.71. The van der Waals surface area contributed by atoms with Crippen molar-refractivity contribution in [2.24, 2.45) is 11.7 Å². The molecular weight excluding hydrogens is 202 g/mol. The quantitative estimate of drug-likeness (QED) is 0.597. The van der Waals surface area contributed by atoms with Crippen molar-refractivity contribution in [1.29, 1.82) is 0 Å². The van der Waals surface area contributed by atoms with Crippen LogP contribution in [0.1, 0.15) is 19.3 Å². The average molecular weight is 217 g/mol. The Balaban J connectivity index is 3.06. The molecule has 0 heterocycles. The zero-order valence-electron chi connectivity index (χ0n) is 8.47. The van der Waals surface area contributed by atoms with Gasteiger partial charge in [-0.1, -0.05) is 0 Å². The van der Waals surface area contributed by atoms with Crippen LogP contribution in [0.15, 0.2) is 0 Å². The molecule has 86 valence electrons. The van der Waals surface area contributed by atoms with Crippen LogP contribution < -0.4 is 5.73 Å². The van der Waals surface area contributed by atoms with Crippen molar-refractivity contribution in [3.8, 4) is 0 Å². The molecule has 1 aliphatic carbocycles. The van der Waals surface area contributed by atoms with Gasteiger partial charge < -0.3 is 20.7 Å². The summed E-state index contributed by atoms with van der Waals surface area (Å²) in [7, 11) is 1.35. The summed E-state index contributed by atoms with van der Waals surface area (Å²) >= 11 is 0. The number of ether oxygens (including phenoxy) is 1. The Bertz CT molecular complexity index is 280. The van der Waals surface area contributed by atoms with Gasteiger partial charge in [-0.25, -0.2) is 0 Å². The molecule has 0 aliphatic heterocycles. The Hall–Kier alpha value is -1.14. The number of aliphatic carboxylic acids is 2. The fourth-order valence-electron chi connectivity index (χ4n) is 2.14. The van der Waals surface area contributed by atoms with E-state index in [1.807, 2.05) is 0 Å². The van der Waals surface area contributed by atoms with Crippen LogP contribution >= 0.6 is 0 Å². The van der Waals surface area contributed by atoms with Crippen molar-refractivity contribution in [2.75, 3.05) is 7.11 Å². The molecule has 1 rings (SSSR count). The van der Waals surface area contributed by atoms with Crippen molar-refractivity contribution < 1.29 is 24.5 Å². The number of hydrogen-bond donors (Lipinski definition) is 3. The summed E-state index contributed by atoms with van der Waals surface area (Å²) in [6, 6.07) is 0. The van der Waals surface area contributed by atoms with Crippen molar-refractivity contribution in [3.63, 3.8) is 0 Å². The van der Waals surface area contributed by atoms with Gasteiger partial charge in [0.1, 0.15) is 0 Å². The SMILES string of the molecule is COC1CCC[C@@H](C(=O)O)[C@@]1(N)C(=O)O. The molecule has 0 saturated heterocycles. The molecule has 6 heteroatoms. The maximum absolute atomic E-state index is 11.1. The van der Waals surface area contributed by atoms with Gasteiger partial charge in [-0.05, 0) is 19.3 Å². The number of methoxy groups -OCH3 is 1. The monoisotopic (exact) mass is 217 g/mol. The lowest BCUT2D eigenvalue weighted by Crippen LogP contribution is -2.66. The van der Waals surface area contributed by atoms with E-state index in [0.717, 1.165) is 0 Å². The highest BCUT2D eigenvalue weighted by atomic mass is 16.5. The molecular formula is C9H15NO5. The van der Waals surface area contributed by atoms with Gasteiger partial charge in [-0.15, -0.1) is 0 Å². The third kappa shape index (κ3) is 1.82. The Kier molecular flexibility index (Phi) is 3.31. The number of carboxylic acids is 2. The second-order valence-electron chi connectivity index (χ2n) is 3.78. The molecule has 0 bridgehead atoms. The van der Waals surface area contributed by atoms with Crippen LogP contribution in [0.4, 0.5) is 0 Å². The molecule has 1 fully saturated rings. The first-order valence-corrected chi connectivity index (χ1v) is 4.72. The van der Waals surface area contributed by atoms with Gasteiger partial charge in [0, 0.05) is 7.11 Å². The molecule has 0 radical (unpaired) electrons. The first-order valence-electron chi connectivity index (χ1n) is 4.72. The Labute approximate surface area is 87.0 Å². The third-order valence-electron chi connectivity index (χ3n) is 3.02. The van der Waals surface area contributed by atoms with Gasteiger partial charge in [-0.2, -0.15) is 0 Å². The summed E-state index contributed by atoms with van der Waals surface area (Å²) in [6.45, 7) is 0. The number of hydrogen-bond acceptors (Lipinski definition) is 4. The smallest absolute Gasteiger partial charge is 0.327 e. The zero-order chi connectivity index (χ0) is 11.6. The zero-order valence-corrected chi connectivity index (χ0v) is 8.47. The van der Waals surface area contributed by atoms with E-state index in [2.05, 4.69) is 0 Å². The normalized spacial score (nSPS) is 36.1. The van der Waals surface area contributed by atoms with E-state index in [1.165, 1.54) is 7.11 Å². The lowest BCUT2D eigenvalue weighted by molar-refractivity contribution is -0.166. The second-order valence-corrected chi connectivity index (χ2v) is 3.78. The number of nitrogens with two attached hydrogens (primary N) is 1. The molecule has 4 N–H and O–H groups in total. The minimum Gasteiger partial charge on any atom is -0.481 e. The van der Waals surface area contributed by atoms with Gasteiger partial charge in [0.25, 0.3) is 0 Å². The molecule has 1 aliphatic rings. The fourth-order valence-corrected chi connectivity index (χ4v) is 2.14. The summed E-state index contributed by atoms with van der Waals surface area (Å²) < 4.78 is 4.98. The molecule has 6 nitrogen and oxygen atoms in total. The van der Waals surface area contributed by atoms with Crippen LogP contribution in [0, 0.1) is 5.92 Å². The van der Waals surface area contributed by atoms with Gasteiger partial charge in [0.05, 0.1) is 12.0 Å². The number of rotatable bonds is 3. The van der Waals surface area contributed by atoms with E-state index in [-0.39, 0.29) is 6.42 Å². The Morgan fingerprint density at radius 2 is 2.00 bits per heavy atom. The molecule has 0 aromatic carbocycles. The van der Waals surface area contributed by atoms with Gasteiger partial charge >= 0.3 is 11.9 Å². The predicted molar refractivity (Wildman–Crippen MR) is 50.3 cm³/mol. The van der Waals surface area contributed by atoms with Crippen LogP contribution in [-0.4, -0.2) is 40.9 Å². The molecule has 0 aromatic rings. The van der Waals surface area contributed by atoms with E-state index in [4.69, 9.17) is 20.7 Å². The minimum atomic E-state index is -1.82. The van der Waals surface area contributed by atoms with E-state index in [0.29, 0.717) is 12.8 Å². The van der Waals surface area contributed by atoms with Crippen LogP contribution in [-0.2, 0) is 14.3 Å². The fraction of sp³-hybridized carbons (Fsp3) is 0.778. The molecule has 0 aromatic heterocycles. The first kappa shape index (κ1) is 11.9. The van der Waals surface area contributed by atoms with Crippen LogP contribution in [0.5, 0.6) is 0 Å². The van der Waals surface area contributed by atoms with Gasteiger partial charge in [0.2, 0.25) is 0 Å². The Morgan fingerprint density at radius 3 is 2.40 bits per heavy atom. The topological polar surface area (TPSA) is 110 Å². The molecule has 3 atom stereocenters. The highest BCUT2D eigenvalue weighted by Crippen LogP contribution is 2.34. The largest absolute Gasteiger partial charge is 0.481 e. The van der Waals surface area contributed by atoms with Crippen molar-refractivity contribution >= 4 is 11.9 Å². The highest BCUT2D eigenvalue weighted by molar-refractivity contribution is 5.87. The predicted octanol–water partition coefficient (Wildman–Crippen LogP) is -0.332. The lowest BCUT2D eigenvalue weighted by Gasteiger charge is -2.40. The second kappa shape index (κ2) is 4.16. The average Bonchev–Trinajstić information content (AvgIpc) is 2.17. The first-order chi connectivity index (χ1) is 6.94. The standard InChI is InChI=1S/C9H15NO5/c1-15-6-4-2-3-5(7(11)12)9(6,10)8(13)14/h5-6H,2-4,10H2,1H3,(H,11,12)(H,13,14)/t5-,6?,9-/m0/s1. The molecule has 0 amide bonds. The van der Waals surface area contributed by atoms with Gasteiger partial charge in [0.15, 0.2) is 5.54 Å². The van der Waals surface area contributed by atoms with E-state index in [1.54, 1.807) is 0 Å². The maximum Gasteiger partial charge on any atom is 0.327 e. The molecule has 1 saturated carbocycles. The molecule has 15 heavy (non-hydrogen) atoms. The summed E-state index contributed by atoms with van der Waals surface area (Å²) in [4.78, 5) is 22.0. The molecule has 1 unspecified atom stereocenters. The third-order valence-corrected chi connectivity index (χ3v) is 3.02. The summed E-state index contributed by atoms with van der Waals surface area (Å²) in [5.74, 6) is -3.59. The van der Waals surface area contributed by atoms with Crippen molar-refractivity contribution in [1.82, 2.24) is 0 Å². The van der Waals surface area contributed by atoms with Crippen LogP contribution in [0.25, 0.3) is 0 Å². The van der Waals surface area contributed by atoms with Crippen LogP contribution in [0.2, 0.25) is 0 Å². The van der Waals surface area contributed by atoms with E-state index >= 15 is 0 Å². The maximum atomic E-state index is 11.1. The number of carboxylic acid groups (broad SMARTS) is 2. The summed E-state index contributed by atoms with van der Waals surface area (Å²) in [5.41, 5.74) is 3.88. The van der Waals surface area contributed by atoms with Crippen LogP contribution in [0.3, 0.4) is 0 Å². The van der Waals surface area contributed by atoms with E-state index in [9.17, 15) is 9.59 Å². The summed E-state index contributed by atoms with van der Waals surface area (Å²) in [6.07, 6.45) is 0.618. The van der Waals surface area contributed by atoms with Crippen molar-refractivity contribution in [3.05, 3.63) is 0 Å². The Morgan fingerprint density at radius 1 is 1.40 bits per heavy atom. The highest BCUT2D eigenvalue weighted by Gasteiger charge is 2.54. The number of carbonyl (C=O) groups is 2. The van der Waals surface area contributed by atoms with Gasteiger partial charge in [-0.3, -0.25) is 9.59 Å².